The SMILES string of the molecule is Fc1c(F)c(F)c(-c2c3nc(c(-c4c(F)c(F)c(F)c(F)c4F)c4ccc([nH]4)c(-c4c(F)c(F)c(F)c(F)c4F)c4nc(c(-c5c(F)c(F)c(F)c(F)c5F)c5ccc2[nH]5)[C@H]2Cc5ccccc5C[C@@H]42)[C@@H]2Cc4ccccc4C[C@H]32)c(F)c1F. The third kappa shape index (κ3) is 7.62. The van der Waals surface area contributed by atoms with E-state index in [0.717, 1.165) is 24.3 Å². The predicted octanol–water partition coefficient (Wildman–Crippen LogP) is 17.1. The molecule has 84 heavy (non-hydrogen) atoms. The fourth-order valence-electron chi connectivity index (χ4n) is 12.4. The van der Waals surface area contributed by atoms with Gasteiger partial charge in [-0.25, -0.2) is 87.8 Å². The predicted molar refractivity (Wildman–Crippen MR) is 261 cm³/mol. The van der Waals surface area contributed by atoms with Crippen LogP contribution in [0.2, 0.25) is 0 Å². The van der Waals surface area contributed by atoms with Crippen molar-refractivity contribution in [1.82, 2.24) is 19.9 Å². The fourth-order valence-corrected chi connectivity index (χ4v) is 12.4. The second-order valence-corrected chi connectivity index (χ2v) is 20.4. The third-order valence-electron chi connectivity index (χ3n) is 16.2. The lowest BCUT2D eigenvalue weighted by atomic mass is 9.72. The summed E-state index contributed by atoms with van der Waals surface area (Å²) in [6, 6.07) is 15.2. The van der Waals surface area contributed by atoms with Crippen LogP contribution in [-0.2, 0) is 25.7 Å². The number of halogens is 20. The number of hydrogen-bond donors (Lipinski definition) is 2. The Morgan fingerprint density at radius 2 is 0.393 bits per heavy atom. The first-order valence-corrected chi connectivity index (χ1v) is 25.0. The highest BCUT2D eigenvalue weighted by Gasteiger charge is 2.46. The average molecular weight is 1180 g/mol. The molecule has 2 aliphatic heterocycles. The van der Waals surface area contributed by atoms with Crippen LogP contribution in [-0.4, -0.2) is 19.9 Å². The first kappa shape index (κ1) is 54.3. The second kappa shape index (κ2) is 19.3. The van der Waals surface area contributed by atoms with Crippen molar-refractivity contribution in [3.63, 3.8) is 0 Å². The van der Waals surface area contributed by atoms with Crippen LogP contribution in [0.4, 0.5) is 87.8 Å². The first-order valence-electron chi connectivity index (χ1n) is 25.0. The number of rotatable bonds is 4. The van der Waals surface area contributed by atoms with Gasteiger partial charge < -0.3 is 9.97 Å². The molecule has 0 unspecified atom stereocenters. The number of aromatic nitrogens is 4. The van der Waals surface area contributed by atoms with Gasteiger partial charge in [-0.2, -0.15) is 0 Å². The maximum Gasteiger partial charge on any atom is 0.200 e. The number of aromatic amines is 2. The Morgan fingerprint density at radius 3 is 0.571 bits per heavy atom. The van der Waals surface area contributed by atoms with E-state index < -0.39 is 255 Å². The van der Waals surface area contributed by atoms with Crippen LogP contribution in [0, 0.1) is 116 Å². The molecule has 0 amide bonds. The number of fused-ring (bicyclic) bond motifs is 16. The van der Waals surface area contributed by atoms with Crippen molar-refractivity contribution in [1.29, 1.82) is 0 Å². The van der Waals surface area contributed by atoms with Crippen molar-refractivity contribution in [2.75, 3.05) is 0 Å². The molecule has 8 bridgehead atoms. The van der Waals surface area contributed by atoms with Crippen LogP contribution in [0.5, 0.6) is 0 Å². The number of H-pyrrole nitrogens is 2. The van der Waals surface area contributed by atoms with Gasteiger partial charge in [-0.05, 0) is 72.2 Å². The fraction of sp³-hybridized carbons (Fsp3) is 0.133. The van der Waals surface area contributed by atoms with Gasteiger partial charge in [0.15, 0.2) is 93.1 Å². The summed E-state index contributed by atoms with van der Waals surface area (Å²) in [6.07, 6.45) is -1.57. The lowest BCUT2D eigenvalue weighted by Gasteiger charge is -2.29. The van der Waals surface area contributed by atoms with E-state index in [4.69, 9.17) is 0 Å². The first-order chi connectivity index (χ1) is 40.0. The van der Waals surface area contributed by atoms with Crippen LogP contribution in [0.3, 0.4) is 0 Å². The Kier molecular flexibility index (Phi) is 12.5. The maximum atomic E-state index is 16.8. The number of nitrogens with one attached hydrogen (secondary N) is 2. The number of benzene rings is 6. The topological polar surface area (TPSA) is 57.4 Å². The lowest BCUT2D eigenvalue weighted by Crippen LogP contribution is -2.20. The molecule has 9 aromatic rings. The molecule has 24 heteroatoms. The van der Waals surface area contributed by atoms with E-state index in [9.17, 15) is 0 Å². The highest BCUT2D eigenvalue weighted by Crippen LogP contribution is 2.56. The Bertz CT molecular complexity index is 3940. The van der Waals surface area contributed by atoms with Gasteiger partial charge in [-0.3, -0.25) is 9.97 Å². The van der Waals surface area contributed by atoms with Crippen LogP contribution in [0.1, 0.15) is 68.7 Å². The molecular weight excluding hydrogens is 1160 g/mol. The van der Waals surface area contributed by atoms with E-state index in [0.29, 0.717) is 22.3 Å². The Labute approximate surface area is 456 Å². The van der Waals surface area contributed by atoms with E-state index in [2.05, 4.69) is 19.9 Å². The molecule has 4 atom stereocenters. The highest BCUT2D eigenvalue weighted by atomic mass is 19.2. The molecule has 0 saturated carbocycles. The monoisotopic (exact) mass is 1180 g/mol. The zero-order valence-electron chi connectivity index (χ0n) is 41.5. The van der Waals surface area contributed by atoms with Crippen LogP contribution in [0.15, 0.2) is 72.8 Å². The molecule has 0 saturated heterocycles. The van der Waals surface area contributed by atoms with Crippen LogP contribution >= 0.6 is 0 Å². The highest BCUT2D eigenvalue weighted by molar-refractivity contribution is 5.94. The zero-order chi connectivity index (χ0) is 59.5. The van der Waals surface area contributed by atoms with Gasteiger partial charge in [0.25, 0.3) is 0 Å². The Balaban J connectivity index is 1.34. The molecule has 2 N–H and O–H groups in total. The molecule has 2 aliphatic carbocycles. The minimum atomic E-state index is -2.69. The molecule has 6 aromatic carbocycles. The quantitative estimate of drug-likeness (QED) is 0.105. The van der Waals surface area contributed by atoms with Gasteiger partial charge in [-0.15, -0.1) is 0 Å². The standard InChI is InChI=1S/C60H26F20N4/c61-37-33(38(62)46(70)53(77)45(37)69)29-25-9-10-27(81-25)31(35-41(65)49(73)55(79)50(74)42(35)66)59-23-15-19-7-3-4-8-20(19)16-24(23)60(84-59)32(36-43(67)51(75)56(80)52(76)44(36)68)28-12-11-26(82-28)30(34-39(63)47(71)54(78)48(72)40(34)64)58-22-14-18-6-2-1-5-17(18)13-21(22)57(29)83-58/h1-12,21-24,81-82H,13-16H2/t21-,22+,23-,24+. The molecule has 426 valence electrons. The lowest BCUT2D eigenvalue weighted by molar-refractivity contribution is 0.381. The summed E-state index contributed by atoms with van der Waals surface area (Å²) in [4.78, 5) is 14.2. The smallest absolute Gasteiger partial charge is 0.200 e. The van der Waals surface area contributed by atoms with E-state index in [1.54, 1.807) is 0 Å². The third-order valence-corrected chi connectivity index (χ3v) is 16.2. The summed E-state index contributed by atoms with van der Waals surface area (Å²) in [5.74, 6) is -58.1. The van der Waals surface area contributed by atoms with Crippen LogP contribution < -0.4 is 0 Å². The van der Waals surface area contributed by atoms with Crippen molar-refractivity contribution in [3.05, 3.63) is 234 Å². The van der Waals surface area contributed by atoms with E-state index in [1.807, 2.05) is 0 Å². The maximum absolute atomic E-state index is 16.8. The van der Waals surface area contributed by atoms with Gasteiger partial charge >= 0.3 is 0 Å². The van der Waals surface area contributed by atoms with Crippen molar-refractivity contribution < 1.29 is 87.8 Å². The van der Waals surface area contributed by atoms with Crippen molar-refractivity contribution in [2.24, 2.45) is 0 Å². The van der Waals surface area contributed by atoms with Gasteiger partial charge in [0.1, 0.15) is 0 Å². The number of nitrogens with zero attached hydrogens (tertiary/aromatic N) is 2. The molecule has 3 aromatic heterocycles. The van der Waals surface area contributed by atoms with Gasteiger partial charge in [0.05, 0.1) is 45.0 Å². The zero-order valence-corrected chi connectivity index (χ0v) is 41.5. The minimum Gasteiger partial charge on any atom is -0.354 e. The molecule has 5 heterocycles. The largest absolute Gasteiger partial charge is 0.354 e. The Hall–Kier alpha value is -8.96. The molecular formula is C60H26F20N4. The normalized spacial score (nSPS) is 17.1. The summed E-state index contributed by atoms with van der Waals surface area (Å²) in [5, 5.41) is 0. The van der Waals surface area contributed by atoms with Crippen LogP contribution in [0.25, 0.3) is 66.6 Å². The van der Waals surface area contributed by atoms with Crippen molar-refractivity contribution >= 4 is 22.1 Å². The van der Waals surface area contributed by atoms with Gasteiger partial charge in [-0.1, -0.05) is 48.5 Å². The van der Waals surface area contributed by atoms with Crippen molar-refractivity contribution in [3.8, 4) is 44.5 Å². The molecule has 4 nitrogen and oxygen atoms in total. The molecule has 0 fully saturated rings. The minimum absolute atomic E-state index is 0.376. The summed E-state index contributed by atoms with van der Waals surface area (Å²) < 4.78 is 320. The van der Waals surface area contributed by atoms with Crippen molar-refractivity contribution in [2.45, 2.75) is 49.4 Å². The summed E-state index contributed by atoms with van der Waals surface area (Å²) in [7, 11) is 0. The second-order valence-electron chi connectivity index (χ2n) is 20.4. The average Bonchev–Trinajstić information content (AvgIpc) is 1.65. The van der Waals surface area contributed by atoms with Gasteiger partial charge in [0, 0.05) is 68.0 Å². The molecule has 13 rings (SSSR count). The molecule has 0 spiro atoms. The summed E-state index contributed by atoms with van der Waals surface area (Å²) in [5.41, 5.74) is -16.9. The summed E-state index contributed by atoms with van der Waals surface area (Å²) >= 11 is 0. The van der Waals surface area contributed by atoms with E-state index >= 15 is 87.8 Å². The van der Waals surface area contributed by atoms with Gasteiger partial charge in [0.2, 0.25) is 23.3 Å². The van der Waals surface area contributed by atoms with E-state index in [-0.39, 0.29) is 0 Å². The molecule has 4 aliphatic rings. The Morgan fingerprint density at radius 1 is 0.226 bits per heavy atom. The molecule has 0 radical (unpaired) electrons. The summed E-state index contributed by atoms with van der Waals surface area (Å²) in [6.45, 7) is 0. The van der Waals surface area contributed by atoms with E-state index in [1.165, 1.54) is 48.5 Å². The number of hydrogen-bond acceptors (Lipinski definition) is 2.